The molecule has 2 N–H and O–H groups in total. The first-order valence-corrected chi connectivity index (χ1v) is 6.61. The average Bonchev–Trinajstić information content (AvgIpc) is 2.26. The molecule has 0 aromatic heterocycles. The fraction of sp³-hybridized carbons (Fsp3) is 0.923. The van der Waals surface area contributed by atoms with Crippen molar-refractivity contribution in [1.29, 1.82) is 0 Å². The van der Waals surface area contributed by atoms with Crippen LogP contribution in [0.25, 0.3) is 0 Å². The molecule has 0 bridgehead atoms. The lowest BCUT2D eigenvalue weighted by atomic mass is 9.75. The second-order valence-corrected chi connectivity index (χ2v) is 4.83. The van der Waals surface area contributed by atoms with Crippen LogP contribution in [-0.2, 0) is 9.53 Å². The second-order valence-electron chi connectivity index (χ2n) is 4.83. The summed E-state index contributed by atoms with van der Waals surface area (Å²) < 4.78 is 5.15. The van der Waals surface area contributed by atoms with Gasteiger partial charge in [0.2, 0.25) is 0 Å². The summed E-state index contributed by atoms with van der Waals surface area (Å²) in [6.45, 7) is 4.54. The van der Waals surface area contributed by atoms with Crippen molar-refractivity contribution in [3.8, 4) is 0 Å². The van der Waals surface area contributed by atoms with E-state index in [0.29, 0.717) is 12.5 Å². The van der Waals surface area contributed by atoms with Crippen molar-refractivity contribution in [1.82, 2.24) is 0 Å². The minimum absolute atomic E-state index is 0. The van der Waals surface area contributed by atoms with Crippen LogP contribution in [-0.4, -0.2) is 18.6 Å². The first kappa shape index (κ1) is 16.7. The van der Waals surface area contributed by atoms with Gasteiger partial charge in [-0.15, -0.1) is 12.4 Å². The number of nitrogens with two attached hydrogens (primary N) is 1. The minimum Gasteiger partial charge on any atom is -0.466 e. The Hall–Kier alpha value is -0.280. The fourth-order valence-electron chi connectivity index (χ4n) is 2.65. The van der Waals surface area contributed by atoms with Crippen LogP contribution in [0.1, 0.15) is 52.4 Å². The number of halogens is 1. The summed E-state index contributed by atoms with van der Waals surface area (Å²) in [4.78, 5) is 11.8. The summed E-state index contributed by atoms with van der Waals surface area (Å²) in [6.07, 6.45) is 6.35. The summed E-state index contributed by atoms with van der Waals surface area (Å²) in [5, 5.41) is 0. The lowest BCUT2D eigenvalue weighted by molar-refractivity contribution is -0.151. The zero-order valence-electron chi connectivity index (χ0n) is 11.0. The molecule has 102 valence electrons. The predicted octanol–water partition coefficient (Wildman–Crippen LogP) is 2.91. The third-order valence-electron chi connectivity index (χ3n) is 3.54. The van der Waals surface area contributed by atoms with Crippen molar-refractivity contribution in [2.75, 3.05) is 6.61 Å². The fourth-order valence-corrected chi connectivity index (χ4v) is 2.65. The summed E-state index contributed by atoms with van der Waals surface area (Å²) in [5.41, 5.74) is 5.98. The van der Waals surface area contributed by atoms with E-state index in [4.69, 9.17) is 10.5 Å². The molecule has 0 saturated heterocycles. The van der Waals surface area contributed by atoms with Crippen LogP contribution in [0.3, 0.4) is 0 Å². The Morgan fingerprint density at radius 3 is 2.65 bits per heavy atom. The molecule has 1 rings (SSSR count). The van der Waals surface area contributed by atoms with Gasteiger partial charge in [0, 0.05) is 6.04 Å². The van der Waals surface area contributed by atoms with Crippen molar-refractivity contribution < 1.29 is 9.53 Å². The van der Waals surface area contributed by atoms with Crippen LogP contribution in [0.4, 0.5) is 0 Å². The number of hydrogen-bond donors (Lipinski definition) is 1. The van der Waals surface area contributed by atoms with E-state index in [0.717, 1.165) is 25.7 Å². The van der Waals surface area contributed by atoms with Gasteiger partial charge in [0.15, 0.2) is 0 Å². The SMILES string of the molecule is CCCC[C@@H]1C[C@@H](N)CC[C@H]1C(=O)OCC.Cl. The van der Waals surface area contributed by atoms with Gasteiger partial charge >= 0.3 is 5.97 Å². The highest BCUT2D eigenvalue weighted by Crippen LogP contribution is 2.33. The van der Waals surface area contributed by atoms with E-state index in [2.05, 4.69) is 6.92 Å². The van der Waals surface area contributed by atoms with Gasteiger partial charge < -0.3 is 10.5 Å². The van der Waals surface area contributed by atoms with Gasteiger partial charge in [-0.2, -0.15) is 0 Å². The lowest BCUT2D eigenvalue weighted by Gasteiger charge is -2.33. The van der Waals surface area contributed by atoms with E-state index in [9.17, 15) is 4.79 Å². The molecular formula is C13H26ClNO2. The topological polar surface area (TPSA) is 52.3 Å². The zero-order chi connectivity index (χ0) is 12.0. The molecule has 17 heavy (non-hydrogen) atoms. The maximum atomic E-state index is 11.8. The van der Waals surface area contributed by atoms with Gasteiger partial charge in [-0.3, -0.25) is 4.79 Å². The summed E-state index contributed by atoms with van der Waals surface area (Å²) >= 11 is 0. The van der Waals surface area contributed by atoms with Gasteiger partial charge in [-0.25, -0.2) is 0 Å². The Morgan fingerprint density at radius 1 is 1.35 bits per heavy atom. The maximum absolute atomic E-state index is 11.8. The molecule has 0 unspecified atom stereocenters. The Bertz CT molecular complexity index is 223. The molecule has 0 spiro atoms. The monoisotopic (exact) mass is 263 g/mol. The second kappa shape index (κ2) is 8.76. The number of ether oxygens (including phenoxy) is 1. The van der Waals surface area contributed by atoms with Gasteiger partial charge in [0.05, 0.1) is 12.5 Å². The third kappa shape index (κ3) is 5.26. The van der Waals surface area contributed by atoms with Crippen LogP contribution in [0.15, 0.2) is 0 Å². The Kier molecular flexibility index (Phi) is 8.61. The molecule has 0 amide bonds. The van der Waals surface area contributed by atoms with Crippen molar-refractivity contribution in [2.24, 2.45) is 17.6 Å². The highest BCUT2D eigenvalue weighted by atomic mass is 35.5. The third-order valence-corrected chi connectivity index (χ3v) is 3.54. The molecule has 0 aromatic rings. The van der Waals surface area contributed by atoms with Gasteiger partial charge in [0.1, 0.15) is 0 Å². The number of unbranched alkanes of at least 4 members (excludes halogenated alkanes) is 1. The Morgan fingerprint density at radius 2 is 2.06 bits per heavy atom. The van der Waals surface area contributed by atoms with Crippen LogP contribution < -0.4 is 5.73 Å². The van der Waals surface area contributed by atoms with Crippen molar-refractivity contribution in [3.63, 3.8) is 0 Å². The molecule has 0 radical (unpaired) electrons. The molecule has 3 atom stereocenters. The smallest absolute Gasteiger partial charge is 0.309 e. The van der Waals surface area contributed by atoms with E-state index >= 15 is 0 Å². The van der Waals surface area contributed by atoms with Crippen LogP contribution >= 0.6 is 12.4 Å². The van der Waals surface area contributed by atoms with Crippen LogP contribution in [0, 0.1) is 11.8 Å². The van der Waals surface area contributed by atoms with E-state index in [1.165, 1.54) is 12.8 Å². The maximum Gasteiger partial charge on any atom is 0.309 e. The number of carbonyl (C=O) groups is 1. The van der Waals surface area contributed by atoms with E-state index in [1.54, 1.807) is 0 Å². The highest BCUT2D eigenvalue weighted by Gasteiger charge is 2.34. The number of esters is 1. The van der Waals surface area contributed by atoms with E-state index in [1.807, 2.05) is 6.92 Å². The Labute approximate surface area is 111 Å². The predicted molar refractivity (Wildman–Crippen MR) is 72.2 cm³/mol. The van der Waals surface area contributed by atoms with Crippen LogP contribution in [0.5, 0.6) is 0 Å². The standard InChI is InChI=1S/C13H25NO2.ClH/c1-3-5-6-10-9-11(14)7-8-12(10)13(15)16-4-2;/h10-12H,3-9,14H2,1-2H3;1H/t10-,11+,12-;/m1./s1. The first-order valence-electron chi connectivity index (χ1n) is 6.61. The van der Waals surface area contributed by atoms with Gasteiger partial charge in [0.25, 0.3) is 0 Å². The Balaban J connectivity index is 0.00000256. The number of carbonyl (C=O) groups excluding carboxylic acids is 1. The quantitative estimate of drug-likeness (QED) is 0.776. The lowest BCUT2D eigenvalue weighted by Crippen LogP contribution is -2.37. The molecule has 0 aliphatic heterocycles. The molecule has 0 aromatic carbocycles. The van der Waals surface area contributed by atoms with Gasteiger partial charge in [-0.05, 0) is 38.5 Å². The molecule has 1 fully saturated rings. The minimum atomic E-state index is -0.00416. The summed E-state index contributed by atoms with van der Waals surface area (Å²) in [5.74, 6) is 0.546. The summed E-state index contributed by atoms with van der Waals surface area (Å²) in [7, 11) is 0. The molecule has 3 nitrogen and oxygen atoms in total. The van der Waals surface area contributed by atoms with Crippen molar-refractivity contribution in [2.45, 2.75) is 58.4 Å². The van der Waals surface area contributed by atoms with E-state index < -0.39 is 0 Å². The molecule has 1 aliphatic carbocycles. The number of rotatable bonds is 5. The average molecular weight is 264 g/mol. The first-order chi connectivity index (χ1) is 7.69. The molecule has 0 heterocycles. The van der Waals surface area contributed by atoms with E-state index in [-0.39, 0.29) is 30.3 Å². The molecular weight excluding hydrogens is 238 g/mol. The van der Waals surface area contributed by atoms with Gasteiger partial charge in [-0.1, -0.05) is 19.8 Å². The normalized spacial score (nSPS) is 28.3. The van der Waals surface area contributed by atoms with Crippen molar-refractivity contribution >= 4 is 18.4 Å². The molecule has 1 saturated carbocycles. The van der Waals surface area contributed by atoms with Crippen molar-refractivity contribution in [3.05, 3.63) is 0 Å². The highest BCUT2D eigenvalue weighted by molar-refractivity contribution is 5.85. The number of hydrogen-bond acceptors (Lipinski definition) is 3. The zero-order valence-corrected chi connectivity index (χ0v) is 11.8. The largest absolute Gasteiger partial charge is 0.466 e. The molecule has 4 heteroatoms. The summed E-state index contributed by atoms with van der Waals surface area (Å²) in [6, 6.07) is 0.285. The van der Waals surface area contributed by atoms with Crippen LogP contribution in [0.2, 0.25) is 0 Å². The molecule has 1 aliphatic rings.